The van der Waals surface area contributed by atoms with Crippen LogP contribution in [0.1, 0.15) is 31.2 Å². The zero-order chi connectivity index (χ0) is 14.4. The minimum Gasteiger partial charge on any atom is -0.369 e. The Balaban J connectivity index is 1.86. The van der Waals surface area contributed by atoms with Gasteiger partial charge in [0.25, 0.3) is 0 Å². The van der Waals surface area contributed by atoms with Gasteiger partial charge in [0.2, 0.25) is 5.91 Å². The van der Waals surface area contributed by atoms with Crippen molar-refractivity contribution in [2.45, 2.75) is 31.7 Å². The lowest BCUT2D eigenvalue weighted by molar-refractivity contribution is -0.123. The summed E-state index contributed by atoms with van der Waals surface area (Å²) in [7, 11) is 0. The predicted octanol–water partition coefficient (Wildman–Crippen LogP) is 2.33. The number of primary amides is 1. The van der Waals surface area contributed by atoms with Crippen LogP contribution in [0.15, 0.2) is 24.3 Å². The minimum atomic E-state index is -0.201. The van der Waals surface area contributed by atoms with E-state index in [1.54, 1.807) is 0 Å². The maximum absolute atomic E-state index is 11.4. The number of rotatable bonds is 3. The van der Waals surface area contributed by atoms with Crippen molar-refractivity contribution >= 4 is 17.5 Å². The van der Waals surface area contributed by atoms with Gasteiger partial charge in [0.1, 0.15) is 0 Å². The van der Waals surface area contributed by atoms with Crippen molar-refractivity contribution in [1.82, 2.24) is 5.32 Å². The highest BCUT2D eigenvalue weighted by molar-refractivity contribution is 6.30. The summed E-state index contributed by atoms with van der Waals surface area (Å²) < 4.78 is 0. The topological polar surface area (TPSA) is 55.1 Å². The highest BCUT2D eigenvalue weighted by Gasteiger charge is 2.28. The van der Waals surface area contributed by atoms with Crippen LogP contribution in [0.2, 0.25) is 5.02 Å². The molecule has 0 spiro atoms. The van der Waals surface area contributed by atoms with Crippen molar-refractivity contribution in [3.63, 3.8) is 0 Å². The number of nitrogens with one attached hydrogen (secondary N) is 1. The zero-order valence-corrected chi connectivity index (χ0v) is 12.1. The van der Waals surface area contributed by atoms with Crippen LogP contribution >= 0.6 is 11.6 Å². The van der Waals surface area contributed by atoms with Crippen LogP contribution in [0, 0.1) is 17.8 Å². The summed E-state index contributed by atoms with van der Waals surface area (Å²) in [5.41, 5.74) is 6.38. The Morgan fingerprint density at radius 2 is 2.00 bits per heavy atom. The van der Waals surface area contributed by atoms with Gasteiger partial charge in [-0.2, -0.15) is 0 Å². The van der Waals surface area contributed by atoms with Gasteiger partial charge in [0, 0.05) is 16.6 Å². The number of halogens is 1. The van der Waals surface area contributed by atoms with Crippen LogP contribution in [0.4, 0.5) is 0 Å². The third kappa shape index (κ3) is 4.26. The molecule has 0 aromatic heterocycles. The van der Waals surface area contributed by atoms with E-state index in [9.17, 15) is 4.79 Å². The summed E-state index contributed by atoms with van der Waals surface area (Å²) in [5, 5.41) is 4.04. The maximum atomic E-state index is 11.4. The lowest BCUT2D eigenvalue weighted by Crippen LogP contribution is -2.44. The summed E-state index contributed by atoms with van der Waals surface area (Å²) in [6, 6.07) is 7.59. The standard InChI is InChI=1S/C16H19ClN2O/c17-13-9-7-12(8-10-13)4-3-11-19-15-6-2-1-5-14(15)16(18)20/h7-10,14-15,19H,1-2,5-6,11H2,(H2,18,20)/t14-,15+/m0/s1. The summed E-state index contributed by atoms with van der Waals surface area (Å²) in [4.78, 5) is 11.4. The van der Waals surface area contributed by atoms with Gasteiger partial charge in [-0.15, -0.1) is 0 Å². The van der Waals surface area contributed by atoms with E-state index in [0.717, 1.165) is 31.2 Å². The van der Waals surface area contributed by atoms with Gasteiger partial charge in [0.15, 0.2) is 0 Å². The summed E-state index contributed by atoms with van der Waals surface area (Å²) in [6.45, 7) is 0.567. The Bertz CT molecular complexity index is 516. The van der Waals surface area contributed by atoms with Crippen molar-refractivity contribution in [3.05, 3.63) is 34.9 Å². The molecule has 1 fully saturated rings. The number of hydrogen-bond donors (Lipinski definition) is 2. The van der Waals surface area contributed by atoms with Crippen molar-refractivity contribution in [2.24, 2.45) is 11.7 Å². The van der Waals surface area contributed by atoms with Gasteiger partial charge in [-0.3, -0.25) is 4.79 Å². The Morgan fingerprint density at radius 3 is 2.70 bits per heavy atom. The summed E-state index contributed by atoms with van der Waals surface area (Å²) >= 11 is 5.82. The highest BCUT2D eigenvalue weighted by atomic mass is 35.5. The fourth-order valence-electron chi connectivity index (χ4n) is 2.58. The Morgan fingerprint density at radius 1 is 1.30 bits per heavy atom. The zero-order valence-electron chi connectivity index (χ0n) is 11.4. The molecule has 0 saturated heterocycles. The van der Waals surface area contributed by atoms with E-state index in [1.165, 1.54) is 0 Å². The molecule has 1 aromatic rings. The average Bonchev–Trinajstić information content (AvgIpc) is 2.46. The first-order chi connectivity index (χ1) is 9.66. The first-order valence-corrected chi connectivity index (χ1v) is 7.32. The van der Waals surface area contributed by atoms with Gasteiger partial charge >= 0.3 is 0 Å². The number of amides is 1. The Hall–Kier alpha value is -1.50. The third-order valence-electron chi connectivity index (χ3n) is 3.66. The molecule has 1 aliphatic carbocycles. The van der Waals surface area contributed by atoms with Crippen LogP contribution in [0.5, 0.6) is 0 Å². The number of hydrogen-bond acceptors (Lipinski definition) is 2. The summed E-state index contributed by atoms with van der Waals surface area (Å²) in [6.07, 6.45) is 4.11. The molecule has 0 aliphatic heterocycles. The summed E-state index contributed by atoms with van der Waals surface area (Å²) in [5.74, 6) is 5.88. The van der Waals surface area contributed by atoms with Gasteiger partial charge in [-0.25, -0.2) is 0 Å². The number of benzene rings is 1. The van der Waals surface area contributed by atoms with Crippen LogP contribution in [0.3, 0.4) is 0 Å². The molecule has 1 saturated carbocycles. The lowest BCUT2D eigenvalue weighted by Gasteiger charge is -2.29. The third-order valence-corrected chi connectivity index (χ3v) is 3.91. The molecule has 3 nitrogen and oxygen atoms in total. The van der Waals surface area contributed by atoms with Crippen molar-refractivity contribution < 1.29 is 4.79 Å². The molecule has 106 valence electrons. The maximum Gasteiger partial charge on any atom is 0.222 e. The first kappa shape index (κ1) is 14.9. The minimum absolute atomic E-state index is 0.0546. The molecule has 2 atom stereocenters. The molecule has 1 amide bonds. The molecule has 1 aromatic carbocycles. The van der Waals surface area contributed by atoms with Crippen LogP contribution in [0.25, 0.3) is 0 Å². The second-order valence-electron chi connectivity index (χ2n) is 5.09. The second kappa shape index (κ2) is 7.33. The highest BCUT2D eigenvalue weighted by Crippen LogP contribution is 2.23. The van der Waals surface area contributed by atoms with Crippen LogP contribution in [-0.4, -0.2) is 18.5 Å². The van der Waals surface area contributed by atoms with Crippen molar-refractivity contribution in [3.8, 4) is 11.8 Å². The Labute approximate surface area is 124 Å². The molecule has 0 radical (unpaired) electrons. The fourth-order valence-corrected chi connectivity index (χ4v) is 2.70. The molecule has 3 N–H and O–H groups in total. The van der Waals surface area contributed by atoms with E-state index in [0.29, 0.717) is 11.6 Å². The van der Waals surface area contributed by atoms with E-state index >= 15 is 0 Å². The van der Waals surface area contributed by atoms with Crippen molar-refractivity contribution in [1.29, 1.82) is 0 Å². The van der Waals surface area contributed by atoms with E-state index in [-0.39, 0.29) is 17.9 Å². The van der Waals surface area contributed by atoms with Crippen LogP contribution in [-0.2, 0) is 4.79 Å². The molecule has 4 heteroatoms. The molecule has 2 rings (SSSR count). The van der Waals surface area contributed by atoms with Gasteiger partial charge in [-0.05, 0) is 37.1 Å². The average molecular weight is 291 g/mol. The molecule has 0 bridgehead atoms. The monoisotopic (exact) mass is 290 g/mol. The molecular weight excluding hydrogens is 272 g/mol. The first-order valence-electron chi connectivity index (χ1n) is 6.94. The van der Waals surface area contributed by atoms with Gasteiger partial charge in [0.05, 0.1) is 12.5 Å². The molecular formula is C16H19ClN2O. The Kier molecular flexibility index (Phi) is 5.46. The SMILES string of the molecule is NC(=O)[C@H]1CCCC[C@H]1NCC#Cc1ccc(Cl)cc1. The van der Waals surface area contributed by atoms with E-state index < -0.39 is 0 Å². The number of carbonyl (C=O) groups excluding carboxylic acids is 1. The van der Waals surface area contributed by atoms with E-state index in [1.807, 2.05) is 24.3 Å². The van der Waals surface area contributed by atoms with Crippen molar-refractivity contribution in [2.75, 3.05) is 6.54 Å². The van der Waals surface area contributed by atoms with E-state index in [4.69, 9.17) is 17.3 Å². The molecule has 20 heavy (non-hydrogen) atoms. The molecule has 1 aliphatic rings. The largest absolute Gasteiger partial charge is 0.369 e. The quantitative estimate of drug-likeness (QED) is 0.840. The van der Waals surface area contributed by atoms with Gasteiger partial charge < -0.3 is 11.1 Å². The fraction of sp³-hybridized carbons (Fsp3) is 0.438. The molecule has 0 heterocycles. The number of nitrogens with two attached hydrogens (primary N) is 1. The second-order valence-corrected chi connectivity index (χ2v) is 5.53. The molecule has 0 unspecified atom stereocenters. The smallest absolute Gasteiger partial charge is 0.222 e. The lowest BCUT2D eigenvalue weighted by atomic mass is 9.84. The predicted molar refractivity (Wildman–Crippen MR) is 81.3 cm³/mol. The normalized spacial score (nSPS) is 21.9. The van der Waals surface area contributed by atoms with Crippen LogP contribution < -0.4 is 11.1 Å². The van der Waals surface area contributed by atoms with E-state index in [2.05, 4.69) is 17.2 Å². The number of carbonyl (C=O) groups is 1. The van der Waals surface area contributed by atoms with Gasteiger partial charge in [-0.1, -0.05) is 36.3 Å².